The first kappa shape index (κ1) is 10.6. The third kappa shape index (κ3) is 2.18. The van der Waals surface area contributed by atoms with Gasteiger partial charge in [-0.15, -0.1) is 0 Å². The lowest BCUT2D eigenvalue weighted by atomic mass is 10.2. The summed E-state index contributed by atoms with van der Waals surface area (Å²) in [4.78, 5) is 3.99. The average molecular weight is 221 g/mol. The molecule has 0 atom stereocenters. The highest BCUT2D eigenvalue weighted by Crippen LogP contribution is 2.19. The number of nitrogens with zero attached hydrogens (tertiary/aromatic N) is 3. The van der Waals surface area contributed by atoms with E-state index in [1.165, 1.54) is 12.4 Å². The van der Waals surface area contributed by atoms with Gasteiger partial charge in [0, 0.05) is 7.05 Å². The zero-order chi connectivity index (χ0) is 11.5. The van der Waals surface area contributed by atoms with Crippen LogP contribution in [0.1, 0.15) is 11.4 Å². The molecule has 1 heterocycles. The molecule has 0 N–H and O–H groups in total. The normalized spacial score (nSPS) is 10.4. The molecule has 84 valence electrons. The summed E-state index contributed by atoms with van der Waals surface area (Å²) in [6, 6.07) is 4.75. The van der Waals surface area contributed by atoms with E-state index in [9.17, 15) is 4.39 Å². The van der Waals surface area contributed by atoms with Gasteiger partial charge in [-0.05, 0) is 24.6 Å². The highest BCUT2D eigenvalue weighted by molar-refractivity contribution is 5.29. The SMILES string of the molecule is Cc1ccc(F)c(OCc2ncnn2C)c1. The molecule has 0 amide bonds. The number of hydrogen-bond donors (Lipinski definition) is 0. The minimum atomic E-state index is -0.368. The van der Waals surface area contributed by atoms with Crippen LogP contribution in [0.15, 0.2) is 24.5 Å². The van der Waals surface area contributed by atoms with Crippen molar-refractivity contribution < 1.29 is 9.13 Å². The van der Waals surface area contributed by atoms with Crippen LogP contribution in [-0.4, -0.2) is 14.8 Å². The molecule has 0 aliphatic rings. The van der Waals surface area contributed by atoms with E-state index in [0.29, 0.717) is 5.82 Å². The zero-order valence-corrected chi connectivity index (χ0v) is 9.14. The van der Waals surface area contributed by atoms with Crippen LogP contribution in [0.25, 0.3) is 0 Å². The third-order valence-electron chi connectivity index (χ3n) is 2.25. The van der Waals surface area contributed by atoms with Crippen LogP contribution < -0.4 is 4.74 Å². The number of hydrogen-bond acceptors (Lipinski definition) is 3. The average Bonchev–Trinajstić information content (AvgIpc) is 2.66. The van der Waals surface area contributed by atoms with Crippen LogP contribution in [0, 0.1) is 12.7 Å². The number of aryl methyl sites for hydroxylation is 2. The second-order valence-electron chi connectivity index (χ2n) is 3.52. The van der Waals surface area contributed by atoms with Crippen molar-refractivity contribution >= 4 is 0 Å². The molecule has 0 spiro atoms. The van der Waals surface area contributed by atoms with E-state index in [-0.39, 0.29) is 18.2 Å². The van der Waals surface area contributed by atoms with E-state index in [1.807, 2.05) is 6.92 Å². The Morgan fingerprint density at radius 3 is 2.94 bits per heavy atom. The minimum absolute atomic E-state index is 0.205. The summed E-state index contributed by atoms with van der Waals surface area (Å²) in [5, 5.41) is 3.90. The van der Waals surface area contributed by atoms with Crippen molar-refractivity contribution in [1.29, 1.82) is 0 Å². The predicted molar refractivity (Wildman–Crippen MR) is 56.5 cm³/mol. The molecular weight excluding hydrogens is 209 g/mol. The number of halogens is 1. The summed E-state index contributed by atoms with van der Waals surface area (Å²) in [6.45, 7) is 2.09. The molecule has 5 heteroatoms. The van der Waals surface area contributed by atoms with E-state index >= 15 is 0 Å². The second kappa shape index (κ2) is 4.30. The van der Waals surface area contributed by atoms with Gasteiger partial charge < -0.3 is 4.74 Å². The molecule has 0 aliphatic carbocycles. The molecule has 0 bridgehead atoms. The molecule has 16 heavy (non-hydrogen) atoms. The summed E-state index contributed by atoms with van der Waals surface area (Å²) in [6.07, 6.45) is 1.44. The van der Waals surface area contributed by atoms with Gasteiger partial charge in [-0.3, -0.25) is 4.68 Å². The lowest BCUT2D eigenvalue weighted by Gasteiger charge is -2.07. The molecule has 2 rings (SSSR count). The van der Waals surface area contributed by atoms with Crippen LogP contribution in [0.5, 0.6) is 5.75 Å². The van der Waals surface area contributed by atoms with Crippen molar-refractivity contribution in [3.8, 4) is 5.75 Å². The Balaban J connectivity index is 2.10. The highest BCUT2D eigenvalue weighted by Gasteiger charge is 2.06. The summed E-state index contributed by atoms with van der Waals surface area (Å²) < 4.78 is 20.3. The van der Waals surface area contributed by atoms with E-state index in [4.69, 9.17) is 4.74 Å². The van der Waals surface area contributed by atoms with Gasteiger partial charge in [0.25, 0.3) is 0 Å². The molecule has 0 saturated heterocycles. The van der Waals surface area contributed by atoms with Crippen molar-refractivity contribution in [3.05, 3.63) is 41.7 Å². The van der Waals surface area contributed by atoms with E-state index in [2.05, 4.69) is 10.1 Å². The van der Waals surface area contributed by atoms with Crippen molar-refractivity contribution in [2.45, 2.75) is 13.5 Å². The summed E-state index contributed by atoms with van der Waals surface area (Å²) in [7, 11) is 1.76. The van der Waals surface area contributed by atoms with Gasteiger partial charge in [-0.25, -0.2) is 9.37 Å². The maximum atomic E-state index is 13.3. The Bertz CT molecular complexity index is 496. The van der Waals surface area contributed by atoms with Gasteiger partial charge in [0.15, 0.2) is 17.4 Å². The molecule has 4 nitrogen and oxygen atoms in total. The Kier molecular flexibility index (Phi) is 2.85. The number of rotatable bonds is 3. The molecule has 0 unspecified atom stereocenters. The van der Waals surface area contributed by atoms with E-state index < -0.39 is 0 Å². The smallest absolute Gasteiger partial charge is 0.165 e. The minimum Gasteiger partial charge on any atom is -0.483 e. The first-order valence-corrected chi connectivity index (χ1v) is 4.88. The monoisotopic (exact) mass is 221 g/mol. The van der Waals surface area contributed by atoms with Crippen LogP contribution in [0.3, 0.4) is 0 Å². The Labute approximate surface area is 92.7 Å². The zero-order valence-electron chi connectivity index (χ0n) is 9.14. The number of ether oxygens (including phenoxy) is 1. The fourth-order valence-corrected chi connectivity index (χ4v) is 1.31. The summed E-state index contributed by atoms with van der Waals surface area (Å²) in [5.41, 5.74) is 0.953. The van der Waals surface area contributed by atoms with Crippen molar-refractivity contribution in [2.75, 3.05) is 0 Å². The van der Waals surface area contributed by atoms with Crippen LogP contribution in [-0.2, 0) is 13.7 Å². The predicted octanol–water partition coefficient (Wildman–Crippen LogP) is 1.84. The highest BCUT2D eigenvalue weighted by atomic mass is 19.1. The number of aromatic nitrogens is 3. The maximum Gasteiger partial charge on any atom is 0.165 e. The molecule has 1 aromatic carbocycles. The first-order chi connectivity index (χ1) is 7.66. The van der Waals surface area contributed by atoms with E-state index in [1.54, 1.807) is 23.9 Å². The standard InChI is InChI=1S/C11H12FN3O/c1-8-3-4-9(12)10(5-8)16-6-11-13-7-14-15(11)2/h3-5,7H,6H2,1-2H3. The lowest BCUT2D eigenvalue weighted by Crippen LogP contribution is -2.05. The molecular formula is C11H12FN3O. The molecule has 0 aliphatic heterocycles. The largest absolute Gasteiger partial charge is 0.483 e. The first-order valence-electron chi connectivity index (χ1n) is 4.88. The van der Waals surface area contributed by atoms with Gasteiger partial charge in [-0.2, -0.15) is 5.10 Å². The Morgan fingerprint density at radius 1 is 1.44 bits per heavy atom. The van der Waals surface area contributed by atoms with Crippen LogP contribution >= 0.6 is 0 Å². The van der Waals surface area contributed by atoms with Crippen molar-refractivity contribution in [1.82, 2.24) is 14.8 Å². The number of benzene rings is 1. The molecule has 2 aromatic rings. The van der Waals surface area contributed by atoms with E-state index in [0.717, 1.165) is 5.56 Å². The van der Waals surface area contributed by atoms with Gasteiger partial charge in [0.05, 0.1) is 0 Å². The Hall–Kier alpha value is -1.91. The van der Waals surface area contributed by atoms with Crippen LogP contribution in [0.2, 0.25) is 0 Å². The van der Waals surface area contributed by atoms with Gasteiger partial charge in [0.1, 0.15) is 12.9 Å². The summed E-state index contributed by atoms with van der Waals surface area (Å²) in [5.74, 6) is 0.525. The topological polar surface area (TPSA) is 39.9 Å². The Morgan fingerprint density at radius 2 is 2.25 bits per heavy atom. The molecule has 0 fully saturated rings. The van der Waals surface area contributed by atoms with Gasteiger partial charge in [-0.1, -0.05) is 6.07 Å². The molecule has 1 aromatic heterocycles. The third-order valence-corrected chi connectivity index (χ3v) is 2.25. The lowest BCUT2D eigenvalue weighted by molar-refractivity contribution is 0.275. The summed E-state index contributed by atoms with van der Waals surface area (Å²) >= 11 is 0. The molecule has 0 radical (unpaired) electrons. The maximum absolute atomic E-state index is 13.3. The van der Waals surface area contributed by atoms with Crippen LogP contribution in [0.4, 0.5) is 4.39 Å². The molecule has 0 saturated carbocycles. The fourth-order valence-electron chi connectivity index (χ4n) is 1.31. The van der Waals surface area contributed by atoms with Crippen molar-refractivity contribution in [2.24, 2.45) is 7.05 Å². The second-order valence-corrected chi connectivity index (χ2v) is 3.52. The van der Waals surface area contributed by atoms with Gasteiger partial charge >= 0.3 is 0 Å². The quantitative estimate of drug-likeness (QED) is 0.794. The fraction of sp³-hybridized carbons (Fsp3) is 0.273. The van der Waals surface area contributed by atoms with Gasteiger partial charge in [0.2, 0.25) is 0 Å². The van der Waals surface area contributed by atoms with Crippen molar-refractivity contribution in [3.63, 3.8) is 0 Å².